The van der Waals surface area contributed by atoms with Crippen LogP contribution in [0.2, 0.25) is 0 Å². The number of aryl methyl sites for hydroxylation is 2. The largest absolute Gasteiger partial charge is 0.351 e. The second kappa shape index (κ2) is 16.8. The first-order valence-corrected chi connectivity index (χ1v) is 23.9. The van der Waals surface area contributed by atoms with Gasteiger partial charge in [0.2, 0.25) is 5.69 Å². The number of fused-ring (bicyclic) bond motifs is 6. The summed E-state index contributed by atoms with van der Waals surface area (Å²) in [5.74, 6) is 1.40. The molecule has 2 aliphatic rings. The molecule has 0 fully saturated rings. The Hall–Kier alpha value is -5.81. The van der Waals surface area contributed by atoms with Gasteiger partial charge in [-0.3, -0.25) is 14.9 Å². The molecule has 2 amide bonds. The summed E-state index contributed by atoms with van der Waals surface area (Å²) < 4.78 is 6.63. The Morgan fingerprint density at radius 1 is 0.726 bits per heavy atom. The molecule has 0 radical (unpaired) electrons. The number of rotatable bonds is 11. The van der Waals surface area contributed by atoms with Crippen molar-refractivity contribution in [3.05, 3.63) is 168 Å². The third-order valence-electron chi connectivity index (χ3n) is 12.7. The fraction of sp³-hybridized carbons (Fsp3) is 0.250. The number of hydrogen-bond donors (Lipinski definition) is 3. The minimum atomic E-state index is -0.278. The Morgan fingerprint density at radius 3 is 2.00 bits per heavy atom. The fourth-order valence-corrected chi connectivity index (χ4v) is 11.0. The topological polar surface area (TPSA) is 88.5 Å². The van der Waals surface area contributed by atoms with Crippen LogP contribution in [0, 0.1) is 0 Å². The third-order valence-corrected chi connectivity index (χ3v) is 15.1. The number of hydrogen-bond acceptors (Lipinski definition) is 4. The number of carbonyl (C=O) groups excluding carboxylic acids is 2. The summed E-state index contributed by atoms with van der Waals surface area (Å²) in [5.41, 5.74) is 13.9. The lowest BCUT2D eigenvalue weighted by Gasteiger charge is -2.25. The van der Waals surface area contributed by atoms with Crippen LogP contribution in [0.3, 0.4) is 0 Å². The first-order chi connectivity index (χ1) is 29.9. The quantitative estimate of drug-likeness (QED) is 0.0524. The molecular weight excluding hydrogens is 805 g/mol. The lowest BCUT2D eigenvalue weighted by Crippen LogP contribution is -2.71. The molecule has 314 valence electrons. The zero-order valence-corrected chi connectivity index (χ0v) is 37.9. The first-order valence-electron chi connectivity index (χ1n) is 21.4. The van der Waals surface area contributed by atoms with Gasteiger partial charge >= 0.3 is 0 Å². The number of quaternary nitrogens is 1. The van der Waals surface area contributed by atoms with E-state index in [4.69, 9.17) is 0 Å². The van der Waals surface area contributed by atoms with Crippen LogP contribution in [0.5, 0.6) is 0 Å². The number of nitrogens with two attached hydrogens (primary N) is 1. The molecule has 0 saturated carbocycles. The molecule has 0 spiro atoms. The molecule has 0 saturated heterocycles. The average molecular weight is 859 g/mol. The first kappa shape index (κ1) is 41.5. The summed E-state index contributed by atoms with van der Waals surface area (Å²) >= 11 is 0. The molecule has 3 aromatic heterocycles. The SMILES string of the molecule is Cn1cc(C2=C/CC(C)(C)c3cc(C(=O)NCCSSCCNC(=O)c4ccc5c(c4)C(C)(C)c4cc(-c6cn(C)c7ccccc67)cc[n+]4-5)ccc3[NH2+]/C=C\2)c2ccccc21. The van der Waals surface area contributed by atoms with Crippen molar-refractivity contribution in [3.63, 3.8) is 0 Å². The van der Waals surface area contributed by atoms with Crippen molar-refractivity contribution in [2.24, 2.45) is 14.1 Å². The highest BCUT2D eigenvalue weighted by Crippen LogP contribution is 2.41. The van der Waals surface area contributed by atoms with Crippen LogP contribution in [-0.4, -0.2) is 45.5 Å². The number of benzene rings is 4. The molecule has 7 aromatic rings. The normalized spacial score (nSPS) is 16.3. The van der Waals surface area contributed by atoms with Crippen molar-refractivity contribution < 1.29 is 19.5 Å². The zero-order valence-electron chi connectivity index (χ0n) is 36.3. The van der Waals surface area contributed by atoms with Crippen molar-refractivity contribution in [1.82, 2.24) is 19.8 Å². The van der Waals surface area contributed by atoms with E-state index in [1.807, 2.05) is 12.1 Å². The van der Waals surface area contributed by atoms with E-state index in [1.54, 1.807) is 21.6 Å². The molecule has 8 nitrogen and oxygen atoms in total. The van der Waals surface area contributed by atoms with E-state index in [2.05, 4.69) is 193 Å². The standard InChI is InChI=1S/C52H52N6O2S2/c1-51(2)22-19-34(40-32-56(5)45-13-9-7-11-38(40)45)20-23-53-44-17-15-36(29-42(44)51)49(59)54-24-27-61-62-28-25-55-50(60)37-16-18-47-43(30-37)52(3,4)48-31-35(21-26-58(47)48)41-33-57(6)46-14-10-8-12-39(41)46/h7-21,23,26,29-33H,22,24-25,27-28H2,1-6H3,(H2-,53,54,55,59,60)/p+2/b23-20-,34-19+. The maximum atomic E-state index is 13.3. The molecule has 5 heterocycles. The second-order valence-corrected chi connectivity index (χ2v) is 20.3. The molecule has 9 rings (SSSR count). The summed E-state index contributed by atoms with van der Waals surface area (Å²) in [7, 11) is 7.60. The van der Waals surface area contributed by atoms with Crippen molar-refractivity contribution in [2.45, 2.75) is 44.9 Å². The van der Waals surface area contributed by atoms with Gasteiger partial charge in [-0.1, -0.05) is 77.9 Å². The molecule has 4 N–H and O–H groups in total. The van der Waals surface area contributed by atoms with Crippen LogP contribution in [0.4, 0.5) is 5.69 Å². The van der Waals surface area contributed by atoms with Gasteiger partial charge in [-0.05, 0) is 79.3 Å². The van der Waals surface area contributed by atoms with Gasteiger partial charge in [-0.15, -0.1) is 0 Å². The lowest BCUT2D eigenvalue weighted by atomic mass is 9.79. The van der Waals surface area contributed by atoms with Gasteiger partial charge in [0.05, 0.1) is 11.6 Å². The Labute approximate surface area is 371 Å². The van der Waals surface area contributed by atoms with Crippen molar-refractivity contribution >= 4 is 66.5 Å². The number of amides is 2. The van der Waals surface area contributed by atoms with Crippen molar-refractivity contribution in [2.75, 3.05) is 24.6 Å². The minimum Gasteiger partial charge on any atom is -0.351 e. The van der Waals surface area contributed by atoms with Crippen LogP contribution < -0.4 is 20.5 Å². The molecule has 4 aromatic carbocycles. The van der Waals surface area contributed by atoms with Crippen LogP contribution in [-0.2, 0) is 24.9 Å². The number of nitrogens with one attached hydrogen (secondary N) is 2. The predicted octanol–water partition coefficient (Wildman–Crippen LogP) is 9.27. The molecule has 62 heavy (non-hydrogen) atoms. The van der Waals surface area contributed by atoms with Crippen molar-refractivity contribution in [3.8, 4) is 16.8 Å². The smallest absolute Gasteiger partial charge is 0.251 e. The van der Waals surface area contributed by atoms with Gasteiger partial charge in [0, 0.05) is 131 Å². The van der Waals surface area contributed by atoms with Gasteiger partial charge in [0.25, 0.3) is 11.8 Å². The molecule has 0 aliphatic carbocycles. The number of carbonyl (C=O) groups is 2. The summed E-state index contributed by atoms with van der Waals surface area (Å²) in [5, 5.41) is 10.9. The van der Waals surface area contributed by atoms with E-state index < -0.39 is 0 Å². The van der Waals surface area contributed by atoms with E-state index in [-0.39, 0.29) is 22.6 Å². The Bertz CT molecular complexity index is 2950. The highest BCUT2D eigenvalue weighted by molar-refractivity contribution is 8.76. The van der Waals surface area contributed by atoms with E-state index in [1.165, 1.54) is 49.8 Å². The maximum Gasteiger partial charge on any atom is 0.251 e. The number of para-hydroxylation sites is 2. The van der Waals surface area contributed by atoms with E-state index in [0.29, 0.717) is 24.2 Å². The highest BCUT2D eigenvalue weighted by Gasteiger charge is 2.44. The maximum absolute atomic E-state index is 13.3. The number of aromatic nitrogens is 3. The number of nitrogens with zero attached hydrogens (tertiary/aromatic N) is 3. The van der Waals surface area contributed by atoms with E-state index in [9.17, 15) is 9.59 Å². The van der Waals surface area contributed by atoms with Crippen LogP contribution >= 0.6 is 21.6 Å². The molecule has 0 atom stereocenters. The minimum absolute atomic E-state index is 0.0619. The molecule has 2 aliphatic heterocycles. The monoisotopic (exact) mass is 858 g/mol. The molecular formula is C52H54N6O2S2+2. The summed E-state index contributed by atoms with van der Waals surface area (Å²) in [6.07, 6.45) is 14.1. The summed E-state index contributed by atoms with van der Waals surface area (Å²) in [6, 6.07) is 33.7. The van der Waals surface area contributed by atoms with Crippen molar-refractivity contribution in [1.29, 1.82) is 0 Å². The van der Waals surface area contributed by atoms with Gasteiger partial charge in [-0.25, -0.2) is 0 Å². The summed E-state index contributed by atoms with van der Waals surface area (Å²) in [4.78, 5) is 26.7. The summed E-state index contributed by atoms with van der Waals surface area (Å²) in [6.45, 7) is 10.1. The van der Waals surface area contributed by atoms with Gasteiger partial charge in [0.1, 0.15) is 5.69 Å². The zero-order chi connectivity index (χ0) is 43.2. The Balaban J connectivity index is 0.749. The second-order valence-electron chi connectivity index (χ2n) is 17.6. The van der Waals surface area contributed by atoms with Crippen LogP contribution in [0.15, 0.2) is 134 Å². The highest BCUT2D eigenvalue weighted by atomic mass is 33.1. The Morgan fingerprint density at radius 2 is 1.32 bits per heavy atom. The van der Waals surface area contributed by atoms with Gasteiger partial charge < -0.3 is 19.8 Å². The molecule has 0 bridgehead atoms. The van der Waals surface area contributed by atoms with Gasteiger partial charge in [0.15, 0.2) is 11.9 Å². The predicted molar refractivity (Wildman–Crippen MR) is 257 cm³/mol. The van der Waals surface area contributed by atoms with Gasteiger partial charge in [-0.2, -0.15) is 4.57 Å². The fourth-order valence-electron chi connectivity index (χ4n) is 9.19. The van der Waals surface area contributed by atoms with E-state index >= 15 is 0 Å². The van der Waals surface area contributed by atoms with E-state index in [0.717, 1.165) is 40.4 Å². The lowest BCUT2D eigenvalue weighted by molar-refractivity contribution is -0.599. The number of pyridine rings is 1. The number of allylic oxidation sites excluding steroid dienone is 3. The van der Waals surface area contributed by atoms with Crippen LogP contribution in [0.25, 0.3) is 44.2 Å². The Kier molecular flexibility index (Phi) is 11.3. The average Bonchev–Trinajstić information content (AvgIpc) is 3.89. The van der Waals surface area contributed by atoms with Crippen LogP contribution in [0.1, 0.15) is 77.2 Å². The third kappa shape index (κ3) is 7.80. The molecule has 10 heteroatoms. The molecule has 0 unspecified atom stereocenters.